The van der Waals surface area contributed by atoms with E-state index in [0.29, 0.717) is 37.7 Å². The highest BCUT2D eigenvalue weighted by atomic mass is 32.1. The molecule has 0 amide bonds. The first-order valence-electron chi connectivity index (χ1n) is 14.4. The minimum atomic E-state index is -0.773. The summed E-state index contributed by atoms with van der Waals surface area (Å²) in [5, 5.41) is 0. The van der Waals surface area contributed by atoms with Crippen molar-refractivity contribution in [1.82, 2.24) is 9.13 Å². The van der Waals surface area contributed by atoms with E-state index >= 15 is 0 Å². The molecule has 2 aromatic carbocycles. The molecule has 3 heterocycles. The molecule has 0 N–H and O–H groups in total. The Labute approximate surface area is 259 Å². The summed E-state index contributed by atoms with van der Waals surface area (Å²) in [6.07, 6.45) is 1.75. The molecule has 0 bridgehead atoms. The molecule has 0 unspecified atom stereocenters. The van der Waals surface area contributed by atoms with Crippen LogP contribution in [0.2, 0.25) is 0 Å². The van der Waals surface area contributed by atoms with Crippen LogP contribution in [0.1, 0.15) is 63.2 Å². The van der Waals surface area contributed by atoms with Crippen LogP contribution in [-0.4, -0.2) is 33.8 Å². The van der Waals surface area contributed by atoms with Gasteiger partial charge in [-0.15, -0.1) is 0 Å². The lowest BCUT2D eigenvalue weighted by molar-refractivity contribution is -0.139. The second-order valence-corrected chi connectivity index (χ2v) is 11.8. The molecule has 4 aromatic rings. The Bertz CT molecular complexity index is 1960. The fourth-order valence-corrected chi connectivity index (χ4v) is 6.49. The average molecular weight is 614 g/mol. The number of rotatable bonds is 8. The molecular formula is C34H35N3O6S. The standard InChI is InChI=1S/C34H35N3O6S/c1-8-41-33(40)30-21(5)35-34-37(31(30)27-11-9-10-12-28(27)42-19(2)3)32(39)29(44-34)18-24-17-20(4)36(22(24)6)25-13-15-26(16-14-25)43-23(7)38/h9-19,31H,8H2,1-7H3/b29-18+/t31-/m0/s1. The van der Waals surface area contributed by atoms with Crippen molar-refractivity contribution in [3.63, 3.8) is 0 Å². The number of benzene rings is 2. The van der Waals surface area contributed by atoms with E-state index < -0.39 is 12.0 Å². The molecule has 1 aliphatic rings. The van der Waals surface area contributed by atoms with Gasteiger partial charge in [-0.1, -0.05) is 29.5 Å². The number of ether oxygens (including phenoxy) is 3. The predicted octanol–water partition coefficient (Wildman–Crippen LogP) is 4.92. The van der Waals surface area contributed by atoms with E-state index in [1.807, 2.05) is 76.2 Å². The van der Waals surface area contributed by atoms with E-state index in [1.165, 1.54) is 18.3 Å². The van der Waals surface area contributed by atoms with Crippen LogP contribution in [0.5, 0.6) is 11.5 Å². The fraction of sp³-hybridized carbons (Fsp3) is 0.294. The van der Waals surface area contributed by atoms with Gasteiger partial charge in [0.25, 0.3) is 5.56 Å². The number of thiazole rings is 1. The van der Waals surface area contributed by atoms with Gasteiger partial charge in [-0.05, 0) is 89.6 Å². The van der Waals surface area contributed by atoms with Gasteiger partial charge < -0.3 is 18.8 Å². The van der Waals surface area contributed by atoms with E-state index in [-0.39, 0.29) is 24.2 Å². The molecule has 0 saturated carbocycles. The third-order valence-corrected chi connectivity index (χ3v) is 8.19. The molecule has 0 aliphatic carbocycles. The highest BCUT2D eigenvalue weighted by Crippen LogP contribution is 2.36. The van der Waals surface area contributed by atoms with Crippen molar-refractivity contribution in [2.45, 2.75) is 60.6 Å². The Morgan fingerprint density at radius 3 is 2.43 bits per heavy atom. The number of fused-ring (bicyclic) bond motifs is 1. The number of aromatic nitrogens is 2. The SMILES string of the molecule is CCOC(=O)C1=C(C)N=c2s/c(=C/c3cc(C)n(-c4ccc(OC(C)=O)cc4)c3C)c(=O)n2[C@H]1c1ccccc1OC(C)C. The Morgan fingerprint density at radius 1 is 1.07 bits per heavy atom. The lowest BCUT2D eigenvalue weighted by Crippen LogP contribution is -2.40. The second kappa shape index (κ2) is 12.5. The van der Waals surface area contributed by atoms with Crippen molar-refractivity contribution in [2.24, 2.45) is 4.99 Å². The van der Waals surface area contributed by atoms with Crippen LogP contribution < -0.4 is 24.4 Å². The van der Waals surface area contributed by atoms with E-state index in [2.05, 4.69) is 4.57 Å². The van der Waals surface area contributed by atoms with Crippen molar-refractivity contribution in [3.05, 3.63) is 108 Å². The zero-order chi connectivity index (χ0) is 31.7. The maximum absolute atomic E-state index is 14.2. The average Bonchev–Trinajstić information content (AvgIpc) is 3.42. The number of carbonyl (C=O) groups excluding carboxylic acids is 2. The number of allylic oxidation sites excluding steroid dienone is 1. The van der Waals surface area contributed by atoms with Crippen LogP contribution in [-0.2, 0) is 14.3 Å². The van der Waals surface area contributed by atoms with Gasteiger partial charge in [0.1, 0.15) is 17.5 Å². The van der Waals surface area contributed by atoms with Gasteiger partial charge in [0.15, 0.2) is 4.80 Å². The number of nitrogens with zero attached hydrogens (tertiary/aromatic N) is 3. The lowest BCUT2D eigenvalue weighted by atomic mass is 9.95. The molecular weight excluding hydrogens is 578 g/mol. The molecule has 2 aromatic heterocycles. The summed E-state index contributed by atoms with van der Waals surface area (Å²) >= 11 is 1.28. The van der Waals surface area contributed by atoms with Gasteiger partial charge in [0.05, 0.1) is 28.5 Å². The maximum atomic E-state index is 14.2. The number of carbonyl (C=O) groups is 2. The van der Waals surface area contributed by atoms with E-state index in [4.69, 9.17) is 19.2 Å². The van der Waals surface area contributed by atoms with Crippen molar-refractivity contribution in [3.8, 4) is 17.2 Å². The summed E-state index contributed by atoms with van der Waals surface area (Å²) in [7, 11) is 0. The van der Waals surface area contributed by atoms with Gasteiger partial charge in [0, 0.05) is 29.6 Å². The van der Waals surface area contributed by atoms with Crippen LogP contribution in [0, 0.1) is 13.8 Å². The third-order valence-electron chi connectivity index (χ3n) is 7.21. The van der Waals surface area contributed by atoms with Crippen molar-refractivity contribution in [1.29, 1.82) is 0 Å². The Morgan fingerprint density at radius 2 is 1.77 bits per heavy atom. The lowest BCUT2D eigenvalue weighted by Gasteiger charge is -2.26. The second-order valence-electron chi connectivity index (χ2n) is 10.8. The third kappa shape index (κ3) is 5.90. The number of hydrogen-bond donors (Lipinski definition) is 0. The van der Waals surface area contributed by atoms with Gasteiger partial charge in [-0.25, -0.2) is 9.79 Å². The highest BCUT2D eigenvalue weighted by Gasteiger charge is 2.35. The molecule has 5 rings (SSSR count). The van der Waals surface area contributed by atoms with Crippen molar-refractivity contribution in [2.75, 3.05) is 6.61 Å². The molecule has 44 heavy (non-hydrogen) atoms. The minimum Gasteiger partial charge on any atom is -0.491 e. The molecule has 9 nitrogen and oxygen atoms in total. The summed E-state index contributed by atoms with van der Waals surface area (Å²) in [5.41, 5.74) is 4.90. The molecule has 228 valence electrons. The Balaban J connectivity index is 1.65. The van der Waals surface area contributed by atoms with Gasteiger partial charge >= 0.3 is 11.9 Å². The summed E-state index contributed by atoms with van der Waals surface area (Å²) in [6.45, 7) is 12.9. The predicted molar refractivity (Wildman–Crippen MR) is 169 cm³/mol. The molecule has 0 radical (unpaired) electrons. The number of hydrogen-bond acceptors (Lipinski definition) is 8. The normalized spacial score (nSPS) is 14.8. The number of esters is 2. The quantitative estimate of drug-likeness (QED) is 0.207. The Hall–Kier alpha value is -4.70. The molecule has 0 saturated heterocycles. The summed E-state index contributed by atoms with van der Waals surface area (Å²) in [6, 6.07) is 16.0. The van der Waals surface area contributed by atoms with Crippen molar-refractivity contribution >= 4 is 29.4 Å². The van der Waals surface area contributed by atoms with Crippen molar-refractivity contribution < 1.29 is 23.8 Å². The fourth-order valence-electron chi connectivity index (χ4n) is 5.45. The monoisotopic (exact) mass is 613 g/mol. The molecule has 0 fully saturated rings. The first-order chi connectivity index (χ1) is 21.0. The number of aryl methyl sites for hydroxylation is 1. The van der Waals surface area contributed by atoms with Crippen LogP contribution in [0.4, 0.5) is 0 Å². The van der Waals surface area contributed by atoms with E-state index in [9.17, 15) is 14.4 Å². The topological polar surface area (TPSA) is 101 Å². The van der Waals surface area contributed by atoms with Crippen LogP contribution in [0.3, 0.4) is 0 Å². The smallest absolute Gasteiger partial charge is 0.338 e. The largest absolute Gasteiger partial charge is 0.491 e. The minimum absolute atomic E-state index is 0.115. The Kier molecular flexibility index (Phi) is 8.73. The van der Waals surface area contributed by atoms with Gasteiger partial charge in [0.2, 0.25) is 0 Å². The number of para-hydroxylation sites is 1. The first kappa shape index (κ1) is 30.7. The first-order valence-corrected chi connectivity index (χ1v) is 15.2. The maximum Gasteiger partial charge on any atom is 0.338 e. The highest BCUT2D eigenvalue weighted by molar-refractivity contribution is 7.07. The van der Waals surface area contributed by atoms with Crippen LogP contribution >= 0.6 is 11.3 Å². The summed E-state index contributed by atoms with van der Waals surface area (Å²) in [5.74, 6) is 0.160. The van der Waals surface area contributed by atoms with Gasteiger partial charge in [-0.2, -0.15) is 0 Å². The summed E-state index contributed by atoms with van der Waals surface area (Å²) in [4.78, 5) is 44.0. The molecule has 0 spiro atoms. The van der Waals surface area contributed by atoms with E-state index in [1.54, 1.807) is 30.5 Å². The zero-order valence-electron chi connectivity index (χ0n) is 25.8. The van der Waals surface area contributed by atoms with Crippen LogP contribution in [0.15, 0.2) is 75.7 Å². The van der Waals surface area contributed by atoms with Crippen LogP contribution in [0.25, 0.3) is 11.8 Å². The molecule has 1 aliphatic heterocycles. The van der Waals surface area contributed by atoms with E-state index in [0.717, 1.165) is 22.6 Å². The zero-order valence-corrected chi connectivity index (χ0v) is 26.7. The molecule has 1 atom stereocenters. The van der Waals surface area contributed by atoms with Gasteiger partial charge in [-0.3, -0.25) is 14.2 Å². The summed E-state index contributed by atoms with van der Waals surface area (Å²) < 4.78 is 20.9. The molecule has 10 heteroatoms.